The monoisotopic (exact) mass is 248 g/mol. The van der Waals surface area contributed by atoms with Crippen LogP contribution >= 0.6 is 0 Å². The van der Waals surface area contributed by atoms with Crippen LogP contribution in [0.1, 0.15) is 33.3 Å². The fraction of sp³-hybridized carbons (Fsp3) is 0.429. The summed E-state index contributed by atoms with van der Waals surface area (Å²) in [6, 6.07) is 9.63. The smallest absolute Gasteiger partial charge is 0.430 e. The number of ether oxygens (including phenoxy) is 1. The highest BCUT2D eigenvalue weighted by atomic mass is 16.6. The number of nitrogens with zero attached hydrogens (tertiary/aromatic N) is 2. The number of rotatable bonds is 3. The summed E-state index contributed by atoms with van der Waals surface area (Å²) in [7, 11) is 0. The number of hydrogen-bond donors (Lipinski definition) is 0. The molecule has 4 nitrogen and oxygen atoms in total. The molecule has 1 rings (SSSR count). The predicted octanol–water partition coefficient (Wildman–Crippen LogP) is 3.28. The first kappa shape index (κ1) is 14.2. The van der Waals surface area contributed by atoms with Crippen LogP contribution < -0.4 is 0 Å². The summed E-state index contributed by atoms with van der Waals surface area (Å²) in [6.45, 7) is 7.84. The van der Waals surface area contributed by atoms with E-state index in [0.717, 1.165) is 5.56 Å². The third kappa shape index (κ3) is 4.20. The molecule has 0 aliphatic carbocycles. The van der Waals surface area contributed by atoms with Crippen molar-refractivity contribution in [3.05, 3.63) is 35.9 Å². The van der Waals surface area contributed by atoms with Crippen LogP contribution in [0.4, 0.5) is 4.79 Å². The van der Waals surface area contributed by atoms with Crippen LogP contribution in [0.15, 0.2) is 35.4 Å². The zero-order valence-corrected chi connectivity index (χ0v) is 11.4. The summed E-state index contributed by atoms with van der Waals surface area (Å²) in [5.41, 5.74) is 0.522. The number of amides is 1. The molecule has 18 heavy (non-hydrogen) atoms. The molecule has 0 radical (unpaired) electrons. The van der Waals surface area contributed by atoms with Crippen molar-refractivity contribution >= 4 is 12.3 Å². The summed E-state index contributed by atoms with van der Waals surface area (Å²) in [5, 5.41) is 5.57. The molecule has 1 aromatic rings. The zero-order valence-electron chi connectivity index (χ0n) is 11.4. The van der Waals surface area contributed by atoms with Gasteiger partial charge in [-0.05, 0) is 33.3 Å². The second kappa shape index (κ2) is 6.19. The molecule has 0 heterocycles. The van der Waals surface area contributed by atoms with Gasteiger partial charge in [0.1, 0.15) is 0 Å². The average molecular weight is 248 g/mol. The van der Waals surface area contributed by atoms with Crippen LogP contribution in [-0.4, -0.2) is 29.5 Å². The molecule has 1 aromatic carbocycles. The standard InChI is InChI=1S/C14H20N2O2/c1-5-18-13(17)16(14(2,3)4)15-11-12-9-7-6-8-10-12/h6-11H,5H2,1-4H3. The zero-order chi connectivity index (χ0) is 13.6. The Morgan fingerprint density at radius 2 is 1.94 bits per heavy atom. The van der Waals surface area contributed by atoms with E-state index in [1.54, 1.807) is 13.1 Å². The van der Waals surface area contributed by atoms with Crippen molar-refractivity contribution in [2.24, 2.45) is 5.10 Å². The molecular weight excluding hydrogens is 228 g/mol. The van der Waals surface area contributed by atoms with Gasteiger partial charge in [-0.2, -0.15) is 10.1 Å². The lowest BCUT2D eigenvalue weighted by atomic mass is 10.1. The SMILES string of the molecule is CCOC(=O)N(N=Cc1ccccc1)C(C)(C)C. The van der Waals surface area contributed by atoms with Gasteiger partial charge in [-0.25, -0.2) is 4.79 Å². The highest BCUT2D eigenvalue weighted by Crippen LogP contribution is 2.15. The van der Waals surface area contributed by atoms with Crippen molar-refractivity contribution in [3.8, 4) is 0 Å². The van der Waals surface area contributed by atoms with Gasteiger partial charge in [-0.1, -0.05) is 30.3 Å². The Bertz CT molecular complexity index is 408. The molecule has 0 saturated carbocycles. The molecule has 0 saturated heterocycles. The summed E-state index contributed by atoms with van der Waals surface area (Å²) < 4.78 is 4.99. The van der Waals surface area contributed by atoms with Gasteiger partial charge in [0, 0.05) is 0 Å². The van der Waals surface area contributed by atoms with E-state index in [1.807, 2.05) is 51.1 Å². The molecule has 0 spiro atoms. The topological polar surface area (TPSA) is 41.9 Å². The number of hydrogen-bond acceptors (Lipinski definition) is 3. The average Bonchev–Trinajstić information content (AvgIpc) is 2.29. The Morgan fingerprint density at radius 1 is 1.33 bits per heavy atom. The molecule has 0 N–H and O–H groups in total. The van der Waals surface area contributed by atoms with E-state index in [-0.39, 0.29) is 0 Å². The van der Waals surface area contributed by atoms with Crippen LogP contribution in [-0.2, 0) is 4.74 Å². The van der Waals surface area contributed by atoms with Gasteiger partial charge in [0.15, 0.2) is 0 Å². The fourth-order valence-corrected chi connectivity index (χ4v) is 1.34. The van der Waals surface area contributed by atoms with E-state index in [1.165, 1.54) is 5.01 Å². The van der Waals surface area contributed by atoms with Crippen LogP contribution in [0, 0.1) is 0 Å². The lowest BCUT2D eigenvalue weighted by Crippen LogP contribution is -2.42. The van der Waals surface area contributed by atoms with Crippen molar-refractivity contribution in [3.63, 3.8) is 0 Å². The second-order valence-corrected chi connectivity index (χ2v) is 4.84. The maximum absolute atomic E-state index is 11.8. The molecule has 0 fully saturated rings. The third-order valence-electron chi connectivity index (χ3n) is 2.20. The lowest BCUT2D eigenvalue weighted by Gasteiger charge is -2.29. The van der Waals surface area contributed by atoms with Gasteiger partial charge in [-0.15, -0.1) is 0 Å². The van der Waals surface area contributed by atoms with E-state index in [0.29, 0.717) is 6.61 Å². The Labute approximate surface area is 108 Å². The minimum absolute atomic E-state index is 0.340. The largest absolute Gasteiger partial charge is 0.448 e. The fourth-order valence-electron chi connectivity index (χ4n) is 1.34. The number of hydrazone groups is 1. The normalized spacial score (nSPS) is 11.6. The summed E-state index contributed by atoms with van der Waals surface area (Å²) >= 11 is 0. The van der Waals surface area contributed by atoms with Crippen LogP contribution in [0.25, 0.3) is 0 Å². The molecule has 0 aliphatic rings. The first-order valence-corrected chi connectivity index (χ1v) is 6.01. The molecular formula is C14H20N2O2. The van der Waals surface area contributed by atoms with Gasteiger partial charge in [0.25, 0.3) is 0 Å². The van der Waals surface area contributed by atoms with E-state index >= 15 is 0 Å². The molecule has 0 atom stereocenters. The summed E-state index contributed by atoms with van der Waals surface area (Å²) in [4.78, 5) is 11.8. The second-order valence-electron chi connectivity index (χ2n) is 4.84. The van der Waals surface area contributed by atoms with E-state index < -0.39 is 11.6 Å². The molecule has 0 unspecified atom stereocenters. The molecule has 0 aromatic heterocycles. The lowest BCUT2D eigenvalue weighted by molar-refractivity contribution is 0.0735. The maximum Gasteiger partial charge on any atom is 0.430 e. The van der Waals surface area contributed by atoms with Gasteiger partial charge >= 0.3 is 6.09 Å². The van der Waals surface area contributed by atoms with Gasteiger partial charge in [0.2, 0.25) is 0 Å². The van der Waals surface area contributed by atoms with Crippen molar-refractivity contribution in [1.82, 2.24) is 5.01 Å². The Hall–Kier alpha value is -1.84. The Morgan fingerprint density at radius 3 is 2.44 bits per heavy atom. The minimum Gasteiger partial charge on any atom is -0.448 e. The van der Waals surface area contributed by atoms with Crippen molar-refractivity contribution < 1.29 is 9.53 Å². The van der Waals surface area contributed by atoms with Gasteiger partial charge in [0.05, 0.1) is 18.4 Å². The van der Waals surface area contributed by atoms with Crippen LogP contribution in [0.3, 0.4) is 0 Å². The summed E-state index contributed by atoms with van der Waals surface area (Å²) in [5.74, 6) is 0. The predicted molar refractivity (Wildman–Crippen MR) is 72.7 cm³/mol. The van der Waals surface area contributed by atoms with Crippen LogP contribution in [0.2, 0.25) is 0 Å². The molecule has 4 heteroatoms. The van der Waals surface area contributed by atoms with Crippen molar-refractivity contribution in [1.29, 1.82) is 0 Å². The molecule has 0 aliphatic heterocycles. The molecule has 1 amide bonds. The van der Waals surface area contributed by atoms with E-state index in [9.17, 15) is 4.79 Å². The maximum atomic E-state index is 11.8. The number of carbonyl (C=O) groups is 1. The Balaban J connectivity index is 2.86. The van der Waals surface area contributed by atoms with E-state index in [4.69, 9.17) is 4.74 Å². The van der Waals surface area contributed by atoms with Gasteiger partial charge in [-0.3, -0.25) is 0 Å². The van der Waals surface area contributed by atoms with Gasteiger partial charge < -0.3 is 4.74 Å². The quantitative estimate of drug-likeness (QED) is 0.608. The first-order chi connectivity index (χ1) is 8.45. The van der Waals surface area contributed by atoms with Crippen molar-refractivity contribution in [2.75, 3.05) is 6.61 Å². The minimum atomic E-state index is -0.433. The highest BCUT2D eigenvalue weighted by Gasteiger charge is 2.27. The molecule has 98 valence electrons. The molecule has 0 bridgehead atoms. The number of benzene rings is 1. The Kier molecular flexibility index (Phi) is 4.89. The first-order valence-electron chi connectivity index (χ1n) is 6.01. The van der Waals surface area contributed by atoms with E-state index in [2.05, 4.69) is 5.10 Å². The summed E-state index contributed by atoms with van der Waals surface area (Å²) in [6.07, 6.45) is 1.22. The van der Waals surface area contributed by atoms with Crippen LogP contribution in [0.5, 0.6) is 0 Å². The number of carbonyl (C=O) groups excluding carboxylic acids is 1. The van der Waals surface area contributed by atoms with Crippen molar-refractivity contribution in [2.45, 2.75) is 33.2 Å². The third-order valence-corrected chi connectivity index (χ3v) is 2.20. The highest BCUT2D eigenvalue weighted by molar-refractivity contribution is 5.80.